The molecule has 0 radical (unpaired) electrons. The lowest BCUT2D eigenvalue weighted by atomic mass is 10.1. The molecule has 0 aliphatic carbocycles. The number of hydrogen-bond donors (Lipinski definition) is 2. The van der Waals surface area contributed by atoms with Crippen LogP contribution in [0.4, 0.5) is 0 Å². The van der Waals surface area contributed by atoms with Crippen LogP contribution in [0.2, 0.25) is 0 Å². The molecule has 0 atom stereocenters. The van der Waals surface area contributed by atoms with Gasteiger partial charge in [-0.15, -0.1) is 0 Å². The van der Waals surface area contributed by atoms with Crippen LogP contribution in [0.15, 0.2) is 66.8 Å². The first-order chi connectivity index (χ1) is 32.0. The van der Waals surface area contributed by atoms with Gasteiger partial charge >= 0.3 is 11.9 Å². The van der Waals surface area contributed by atoms with Crippen LogP contribution >= 0.6 is 0 Å². The van der Waals surface area contributed by atoms with E-state index in [2.05, 4.69) is 71.7 Å². The molecule has 7 nitrogen and oxygen atoms in total. The summed E-state index contributed by atoms with van der Waals surface area (Å²) < 4.78 is 12.7. The second kappa shape index (κ2) is 44.5. The minimum absolute atomic E-state index is 0.309. The first-order valence-corrected chi connectivity index (χ1v) is 27.2. The van der Waals surface area contributed by atoms with Gasteiger partial charge in [0.15, 0.2) is 0 Å². The van der Waals surface area contributed by atoms with Crippen molar-refractivity contribution in [1.29, 1.82) is 0 Å². The van der Waals surface area contributed by atoms with E-state index in [1.807, 2.05) is 0 Å². The molecule has 1 aromatic rings. The van der Waals surface area contributed by atoms with Crippen LogP contribution in [0.1, 0.15) is 237 Å². The van der Waals surface area contributed by atoms with Crippen LogP contribution in [0.25, 0.3) is 0 Å². The topological polar surface area (TPSA) is 96.3 Å². The van der Waals surface area contributed by atoms with Gasteiger partial charge in [0.2, 0.25) is 0 Å². The van der Waals surface area contributed by atoms with Crippen molar-refractivity contribution >= 4 is 11.9 Å². The van der Waals surface area contributed by atoms with Gasteiger partial charge in [0, 0.05) is 18.9 Å². The van der Waals surface area contributed by atoms with E-state index in [4.69, 9.17) is 19.7 Å². The summed E-state index contributed by atoms with van der Waals surface area (Å²) in [5, 5.41) is 17.4. The third-order valence-electron chi connectivity index (χ3n) is 12.6. The van der Waals surface area contributed by atoms with Gasteiger partial charge in [0.05, 0.1) is 13.2 Å². The summed E-state index contributed by atoms with van der Waals surface area (Å²) in [6.07, 6.45) is 60.7. The smallest absolute Gasteiger partial charge is 0.303 e. The van der Waals surface area contributed by atoms with E-state index in [1.54, 1.807) is 0 Å². The number of aryl methyl sites for hydroxylation is 1. The number of piperidine rings is 1. The molecule has 2 rings (SSSR count). The van der Waals surface area contributed by atoms with E-state index in [-0.39, 0.29) is 0 Å². The third-order valence-corrected chi connectivity index (χ3v) is 12.6. The molecule has 0 bridgehead atoms. The van der Waals surface area contributed by atoms with E-state index in [0.717, 1.165) is 108 Å². The molecule has 0 spiro atoms. The Hall–Kier alpha value is -3.32. The van der Waals surface area contributed by atoms with Gasteiger partial charge in [-0.25, -0.2) is 0 Å². The number of likely N-dealkylation sites (tertiary alicyclic amines) is 1. The first kappa shape index (κ1) is 57.8. The maximum Gasteiger partial charge on any atom is 0.303 e. The van der Waals surface area contributed by atoms with Crippen LogP contribution in [0, 0.1) is 0 Å². The molecule has 0 amide bonds. The number of ether oxygens (including phenoxy) is 2. The average molecular weight is 904 g/mol. The minimum atomic E-state index is -0.676. The second-order valence-electron chi connectivity index (χ2n) is 18.8. The van der Waals surface area contributed by atoms with Gasteiger partial charge in [0.25, 0.3) is 0 Å². The molecule has 65 heavy (non-hydrogen) atoms. The van der Waals surface area contributed by atoms with Gasteiger partial charge in [-0.2, -0.15) is 0 Å². The summed E-state index contributed by atoms with van der Waals surface area (Å²) >= 11 is 0. The zero-order chi connectivity index (χ0) is 46.4. The molecular formula is C58H97NO6. The quantitative estimate of drug-likeness (QED) is 0.0497. The summed E-state index contributed by atoms with van der Waals surface area (Å²) in [7, 11) is 0. The van der Waals surface area contributed by atoms with Crippen LogP contribution in [-0.2, 0) is 16.0 Å². The first-order valence-electron chi connectivity index (χ1n) is 27.2. The Morgan fingerprint density at radius 2 is 0.785 bits per heavy atom. The number of rotatable bonds is 46. The number of aliphatic carboxylic acids is 2. The standard InChI is InChI=1S/C58H97NO6/c60-57(61)44-36-31-27-23-19-15-11-7-3-1-5-9-13-17-21-25-29-33-40-49-64-55-51-54(43-42-48-59-46-38-35-39-47-59)52-56(53-55)65-50-41-34-30-26-22-18-14-10-6-2-4-8-12-16-20-24-28-32-37-45-58(62)63/h1-2,5-8,11-12,51-53H,3-4,9-10,13-50H2,(H,60,61)(H,62,63). The normalized spacial score (nSPS) is 13.6. The monoisotopic (exact) mass is 904 g/mol. The van der Waals surface area contributed by atoms with Gasteiger partial charge < -0.3 is 24.6 Å². The molecule has 0 unspecified atom stereocenters. The number of carboxylic acid groups (broad SMARTS) is 2. The number of carbonyl (C=O) groups is 2. The van der Waals surface area contributed by atoms with Crippen LogP contribution in [0.5, 0.6) is 11.5 Å². The molecule has 1 saturated heterocycles. The summed E-state index contributed by atoms with van der Waals surface area (Å²) in [6.45, 7) is 5.27. The summed E-state index contributed by atoms with van der Waals surface area (Å²) in [5.74, 6) is 0.595. The number of carboxylic acids is 2. The molecule has 0 saturated carbocycles. The zero-order valence-corrected chi connectivity index (χ0v) is 41.5. The fraction of sp³-hybridized carbons (Fsp3) is 0.724. The molecule has 1 aliphatic heterocycles. The lowest BCUT2D eigenvalue weighted by Gasteiger charge is -2.26. The predicted molar refractivity (Wildman–Crippen MR) is 276 cm³/mol. The largest absolute Gasteiger partial charge is 0.493 e. The zero-order valence-electron chi connectivity index (χ0n) is 41.5. The number of benzene rings is 1. The van der Waals surface area contributed by atoms with Gasteiger partial charge in [-0.1, -0.05) is 158 Å². The highest BCUT2D eigenvalue weighted by atomic mass is 16.5. The molecule has 1 fully saturated rings. The molecule has 1 aromatic carbocycles. The molecule has 7 heteroatoms. The predicted octanol–water partition coefficient (Wildman–Crippen LogP) is 16.7. The SMILES string of the molecule is O=C(O)CCCCCCCC=CCC=CCCCCCCCCCOc1cc(CCCN2CCCCC2)cc(OCCCCCCCCCC=CCC=CCCCCCCCC(=O)O)c1. The third kappa shape index (κ3) is 39.6. The Bertz CT molecular complexity index is 1290. The number of hydrogen-bond acceptors (Lipinski definition) is 5. The highest BCUT2D eigenvalue weighted by Gasteiger charge is 2.10. The lowest BCUT2D eigenvalue weighted by Crippen LogP contribution is -2.30. The highest BCUT2D eigenvalue weighted by Crippen LogP contribution is 2.25. The van der Waals surface area contributed by atoms with Crippen molar-refractivity contribution in [2.24, 2.45) is 0 Å². The summed E-state index contributed by atoms with van der Waals surface area (Å²) in [6, 6.07) is 6.65. The molecule has 1 aliphatic rings. The number of allylic oxidation sites excluding steroid dienone is 8. The molecule has 2 N–H and O–H groups in total. The van der Waals surface area contributed by atoms with E-state index >= 15 is 0 Å². The second-order valence-corrected chi connectivity index (χ2v) is 18.8. The van der Waals surface area contributed by atoms with Gasteiger partial charge in [-0.05, 0) is 153 Å². The molecule has 370 valence electrons. The Labute approximate surface area is 399 Å². The average Bonchev–Trinajstić information content (AvgIpc) is 3.30. The van der Waals surface area contributed by atoms with E-state index in [9.17, 15) is 9.59 Å². The molecule has 0 aromatic heterocycles. The fourth-order valence-electron chi connectivity index (χ4n) is 8.66. The van der Waals surface area contributed by atoms with Crippen molar-refractivity contribution in [2.45, 2.75) is 238 Å². The van der Waals surface area contributed by atoms with Crippen LogP contribution in [-0.4, -0.2) is 59.9 Å². The number of nitrogens with zero attached hydrogens (tertiary/aromatic N) is 1. The number of unbranched alkanes of at least 4 members (excludes halogenated alkanes) is 24. The van der Waals surface area contributed by atoms with E-state index in [0.29, 0.717) is 12.8 Å². The maximum atomic E-state index is 10.6. The van der Waals surface area contributed by atoms with Crippen molar-refractivity contribution < 1.29 is 29.3 Å². The van der Waals surface area contributed by atoms with Crippen molar-refractivity contribution in [3.8, 4) is 11.5 Å². The Kier molecular flexibility index (Phi) is 39.6. The minimum Gasteiger partial charge on any atom is -0.493 e. The Morgan fingerprint density at radius 1 is 0.431 bits per heavy atom. The fourth-order valence-corrected chi connectivity index (χ4v) is 8.66. The summed E-state index contributed by atoms with van der Waals surface area (Å²) in [4.78, 5) is 23.8. The molecular weight excluding hydrogens is 807 g/mol. The van der Waals surface area contributed by atoms with Gasteiger partial charge in [0.1, 0.15) is 11.5 Å². The van der Waals surface area contributed by atoms with Crippen molar-refractivity contribution in [3.05, 3.63) is 72.4 Å². The Morgan fingerprint density at radius 3 is 1.17 bits per heavy atom. The van der Waals surface area contributed by atoms with Crippen LogP contribution < -0.4 is 9.47 Å². The molecule has 1 heterocycles. The lowest BCUT2D eigenvalue weighted by molar-refractivity contribution is -0.138. The van der Waals surface area contributed by atoms with Gasteiger partial charge in [-0.3, -0.25) is 9.59 Å². The van der Waals surface area contributed by atoms with E-state index in [1.165, 1.54) is 166 Å². The Balaban J connectivity index is 1.50. The summed E-state index contributed by atoms with van der Waals surface area (Å²) in [5.41, 5.74) is 1.34. The van der Waals surface area contributed by atoms with E-state index < -0.39 is 11.9 Å². The van der Waals surface area contributed by atoms with Crippen molar-refractivity contribution in [1.82, 2.24) is 4.90 Å². The van der Waals surface area contributed by atoms with Crippen LogP contribution in [0.3, 0.4) is 0 Å². The van der Waals surface area contributed by atoms with Crippen molar-refractivity contribution in [2.75, 3.05) is 32.8 Å². The maximum absolute atomic E-state index is 10.6. The highest BCUT2D eigenvalue weighted by molar-refractivity contribution is 5.66. The van der Waals surface area contributed by atoms with Crippen molar-refractivity contribution in [3.63, 3.8) is 0 Å².